The molecule has 1 aromatic carbocycles. The molecule has 4 heteroatoms. The molecule has 0 saturated heterocycles. The fourth-order valence-corrected chi connectivity index (χ4v) is 0.868. The molecule has 0 N–H and O–H groups in total. The third-order valence-corrected chi connectivity index (χ3v) is 1.72. The molecule has 0 aromatic heterocycles. The van der Waals surface area contributed by atoms with Gasteiger partial charge in [0.2, 0.25) is 0 Å². The number of hydrogen-bond acceptors (Lipinski definition) is 3. The Balaban J connectivity index is 0. The van der Waals surface area contributed by atoms with E-state index in [1.807, 2.05) is 0 Å². The Bertz CT molecular complexity index is 271. The molecule has 0 unspecified atom stereocenters. The number of ether oxygens (including phenoxy) is 1. The Morgan fingerprint density at radius 1 is 1.41 bits per heavy atom. The van der Waals surface area contributed by atoms with E-state index < -0.39 is 0 Å². The molecule has 1 aromatic rings. The number of ketones is 1. The first-order chi connectivity index (χ1) is 8.22. The minimum absolute atomic E-state index is 0.101. The number of unbranched alkanes of at least 4 members (excludes halogenated alkanes) is 1. The van der Waals surface area contributed by atoms with Gasteiger partial charge < -0.3 is 11.7 Å². The summed E-state index contributed by atoms with van der Waals surface area (Å²) in [6.07, 6.45) is 2.06. The van der Waals surface area contributed by atoms with Crippen LogP contribution in [-0.4, -0.2) is 19.5 Å². The van der Waals surface area contributed by atoms with Gasteiger partial charge in [0.25, 0.3) is 0 Å². The Hall–Kier alpha value is -0.844. The molecule has 99 valence electrons. The van der Waals surface area contributed by atoms with E-state index in [9.17, 15) is 4.79 Å². The molecule has 0 saturated carbocycles. The van der Waals surface area contributed by atoms with Gasteiger partial charge in [-0.1, -0.05) is 12.0 Å². The molecule has 0 heterocycles. The number of rotatable bonds is 4. The fraction of sp³-hybridized carbons (Fsp3) is 0.385. The number of benzene rings is 1. The molecule has 0 spiro atoms. The van der Waals surface area contributed by atoms with Crippen LogP contribution in [0.25, 0.3) is 0 Å². The minimum atomic E-state index is 0.101. The fourth-order valence-electron chi connectivity index (χ4n) is 0.868. The normalized spacial score (nSPS) is 8.24. The van der Waals surface area contributed by atoms with Crippen molar-refractivity contribution in [1.82, 2.24) is 0 Å². The maximum absolute atomic E-state index is 10.6. The van der Waals surface area contributed by atoms with Crippen molar-refractivity contribution in [1.29, 1.82) is 0 Å². The summed E-state index contributed by atoms with van der Waals surface area (Å²) < 4.78 is 12.7. The summed E-state index contributed by atoms with van der Waals surface area (Å²) in [7, 11) is 1.70. The van der Waals surface area contributed by atoms with Crippen LogP contribution in [-0.2, 0) is 24.3 Å². The van der Waals surface area contributed by atoms with Gasteiger partial charge in [-0.15, -0.1) is 0 Å². The summed E-state index contributed by atoms with van der Waals surface area (Å²) >= 11 is 2.31. The molecule has 0 aliphatic carbocycles. The van der Waals surface area contributed by atoms with Gasteiger partial charge in [0, 0.05) is 13.7 Å². The molecule has 0 bridgehead atoms. The van der Waals surface area contributed by atoms with Crippen molar-refractivity contribution in [3.05, 3.63) is 42.8 Å². The number of carbonyl (C=O) groups is 1. The molecule has 17 heavy (non-hydrogen) atoms. The van der Waals surface area contributed by atoms with Gasteiger partial charge >= 0.3 is 19.5 Å². The number of methoxy groups -OCH3 is 1. The van der Waals surface area contributed by atoms with E-state index in [1.165, 1.54) is 0 Å². The second kappa shape index (κ2) is 15.2. The zero-order valence-electron chi connectivity index (χ0n) is 10.2. The van der Waals surface area contributed by atoms with E-state index in [0.717, 1.165) is 25.0 Å². The molecule has 1 rings (SSSR count). The van der Waals surface area contributed by atoms with Crippen molar-refractivity contribution in [2.75, 3.05) is 13.7 Å². The molecule has 0 fully saturated rings. The van der Waals surface area contributed by atoms with Gasteiger partial charge in [-0.25, -0.2) is 0 Å². The molecular weight excluding hydrogens is 263 g/mol. The first-order valence-electron chi connectivity index (χ1n) is 5.11. The van der Waals surface area contributed by atoms with Crippen LogP contribution in [0.1, 0.15) is 30.1 Å². The first-order valence-corrected chi connectivity index (χ1v) is 5.53. The van der Waals surface area contributed by atoms with Crippen LogP contribution in [0.4, 0.5) is 0 Å². The summed E-state index contributed by atoms with van der Waals surface area (Å²) in [5.74, 6) is 0.101. The van der Waals surface area contributed by atoms with Crippen LogP contribution >= 0.6 is 0 Å². The van der Waals surface area contributed by atoms with Crippen LogP contribution in [0, 0.1) is 13.0 Å². The summed E-state index contributed by atoms with van der Waals surface area (Å²) in [4.78, 5) is 10.6. The predicted octanol–water partition coefficient (Wildman–Crippen LogP) is 2.82. The summed E-state index contributed by atoms with van der Waals surface area (Å²) in [5, 5.41) is 0. The van der Waals surface area contributed by atoms with E-state index in [-0.39, 0.29) is 5.78 Å². The average molecular weight is 281 g/mol. The van der Waals surface area contributed by atoms with Crippen LogP contribution in [0.3, 0.4) is 0 Å². The third kappa shape index (κ3) is 13.1. The molecule has 0 aliphatic heterocycles. The second-order valence-corrected chi connectivity index (χ2v) is 3.04. The van der Waals surface area contributed by atoms with Crippen LogP contribution in [0.2, 0.25) is 0 Å². The van der Waals surface area contributed by atoms with Crippen LogP contribution < -0.4 is 0 Å². The summed E-state index contributed by atoms with van der Waals surface area (Å²) in [5.41, 5.74) is 0.744. The van der Waals surface area contributed by atoms with Crippen molar-refractivity contribution in [3.63, 3.8) is 0 Å². The average Bonchev–Trinajstić information content (AvgIpc) is 2.40. The first kappa shape index (κ1) is 18.5. The molecular formula is C13H18CoO3-2. The van der Waals surface area contributed by atoms with Crippen molar-refractivity contribution in [2.45, 2.75) is 19.8 Å². The molecule has 0 atom stereocenters. The summed E-state index contributed by atoms with van der Waals surface area (Å²) in [6, 6.07) is 9.81. The standard InChI is InChI=1S/C8H7O.C5H11O.Co.O/c1-7(9)8-5-3-2-4-6-8;1-3-4-5-6-2;;/h3-6H,1H3;1,3-5H2,2H3;;/q2*-1;;. The summed E-state index contributed by atoms with van der Waals surface area (Å²) in [6.45, 7) is 6.04. The van der Waals surface area contributed by atoms with E-state index in [0.29, 0.717) is 0 Å². The number of hydrogen-bond donors (Lipinski definition) is 0. The van der Waals surface area contributed by atoms with E-state index in [1.54, 1.807) is 38.3 Å². The Labute approximate surface area is 111 Å². The van der Waals surface area contributed by atoms with E-state index in [4.69, 9.17) is 8.60 Å². The van der Waals surface area contributed by atoms with Crippen molar-refractivity contribution >= 4 is 5.78 Å². The topological polar surface area (TPSA) is 43.4 Å². The van der Waals surface area contributed by atoms with Gasteiger partial charge in [0.05, 0.1) is 0 Å². The molecule has 0 radical (unpaired) electrons. The van der Waals surface area contributed by atoms with Crippen molar-refractivity contribution in [3.8, 4) is 0 Å². The van der Waals surface area contributed by atoms with E-state index in [2.05, 4.69) is 28.7 Å². The van der Waals surface area contributed by atoms with Crippen LogP contribution in [0.15, 0.2) is 24.3 Å². The Morgan fingerprint density at radius 2 is 1.94 bits per heavy atom. The predicted molar refractivity (Wildman–Crippen MR) is 62.4 cm³/mol. The van der Waals surface area contributed by atoms with Gasteiger partial charge in [-0.3, -0.25) is 4.79 Å². The quantitative estimate of drug-likeness (QED) is 0.484. The monoisotopic (exact) mass is 281 g/mol. The van der Waals surface area contributed by atoms with Crippen molar-refractivity contribution < 1.29 is 29.1 Å². The van der Waals surface area contributed by atoms with E-state index >= 15 is 0 Å². The zero-order valence-corrected chi connectivity index (χ0v) is 11.2. The SMILES string of the molecule is CC(=O)c1cc[c-]cc1.[CH2-]CCCOC.[O]=[Co]. The zero-order chi connectivity index (χ0) is 13.5. The van der Waals surface area contributed by atoms with Gasteiger partial charge in [0.15, 0.2) is 0 Å². The Kier molecular flexibility index (Phi) is 16.5. The van der Waals surface area contributed by atoms with Crippen LogP contribution in [0.5, 0.6) is 0 Å². The molecule has 0 aliphatic rings. The van der Waals surface area contributed by atoms with Crippen molar-refractivity contribution in [2.24, 2.45) is 0 Å². The molecule has 0 amide bonds. The van der Waals surface area contributed by atoms with Gasteiger partial charge in [-0.05, 0) is 6.92 Å². The molecule has 3 nitrogen and oxygen atoms in total. The van der Waals surface area contributed by atoms with Gasteiger partial charge in [0.1, 0.15) is 5.78 Å². The third-order valence-electron chi connectivity index (χ3n) is 1.72. The maximum atomic E-state index is 10.6. The number of carbonyl (C=O) groups excluding carboxylic acids is 1. The second-order valence-electron chi connectivity index (χ2n) is 3.04. The Morgan fingerprint density at radius 3 is 2.18 bits per heavy atom. The van der Waals surface area contributed by atoms with Gasteiger partial charge in [-0.2, -0.15) is 36.8 Å². The number of Topliss-reactive ketones (excluding diaryl/α,β-unsaturated/α-hetero) is 1.